The van der Waals surface area contributed by atoms with Gasteiger partial charge in [0.25, 0.3) is 11.8 Å². The number of rotatable bonds is 7. The molecule has 0 atom stereocenters. The minimum Gasteiger partial charge on any atom is -0.352 e. The number of carbonyl (C=O) groups excluding carboxylic acids is 2. The molecule has 0 spiro atoms. The first kappa shape index (κ1) is 18.1. The van der Waals surface area contributed by atoms with Crippen LogP contribution in [0.15, 0.2) is 24.3 Å². The minimum atomic E-state index is -0.159. The molecule has 1 aromatic heterocycles. The molecule has 2 N–H and O–H groups in total. The van der Waals surface area contributed by atoms with Gasteiger partial charge in [0.05, 0.1) is 11.4 Å². The van der Waals surface area contributed by atoms with Gasteiger partial charge in [0.2, 0.25) is 0 Å². The van der Waals surface area contributed by atoms with Crippen molar-refractivity contribution in [3.63, 3.8) is 0 Å². The molecule has 7 nitrogen and oxygen atoms in total. The van der Waals surface area contributed by atoms with E-state index < -0.39 is 0 Å². The average molecular weight is 355 g/mol. The quantitative estimate of drug-likeness (QED) is 0.796. The van der Waals surface area contributed by atoms with Crippen molar-refractivity contribution in [2.45, 2.75) is 46.1 Å². The van der Waals surface area contributed by atoms with E-state index in [4.69, 9.17) is 0 Å². The topological polar surface area (TPSA) is 88.9 Å². The van der Waals surface area contributed by atoms with Crippen LogP contribution in [0, 0.1) is 5.92 Å². The molecular weight excluding hydrogens is 330 g/mol. The van der Waals surface area contributed by atoms with Gasteiger partial charge < -0.3 is 10.6 Å². The second-order valence-corrected chi connectivity index (χ2v) is 7.05. The molecule has 3 rings (SSSR count). The Bertz CT molecular complexity index is 791. The summed E-state index contributed by atoms with van der Waals surface area (Å²) >= 11 is 0. The number of hydrogen-bond donors (Lipinski definition) is 2. The van der Waals surface area contributed by atoms with Crippen LogP contribution in [0.5, 0.6) is 0 Å². The lowest BCUT2D eigenvalue weighted by Crippen LogP contribution is -2.27. The van der Waals surface area contributed by atoms with Crippen LogP contribution >= 0.6 is 0 Å². The van der Waals surface area contributed by atoms with Gasteiger partial charge in [0.1, 0.15) is 0 Å². The summed E-state index contributed by atoms with van der Waals surface area (Å²) < 4.78 is 1.70. The lowest BCUT2D eigenvalue weighted by Gasteiger charge is -2.11. The maximum atomic E-state index is 12.5. The summed E-state index contributed by atoms with van der Waals surface area (Å²) in [6, 6.07) is 7.43. The van der Waals surface area contributed by atoms with Gasteiger partial charge in [-0.25, -0.2) is 4.68 Å². The number of aromatic nitrogens is 3. The molecule has 2 amide bonds. The van der Waals surface area contributed by atoms with Gasteiger partial charge in [0, 0.05) is 18.2 Å². The Balaban J connectivity index is 1.89. The Hall–Kier alpha value is -2.70. The van der Waals surface area contributed by atoms with Crippen LogP contribution in [-0.2, 0) is 6.42 Å². The zero-order valence-corrected chi connectivity index (χ0v) is 15.5. The monoisotopic (exact) mass is 355 g/mol. The average Bonchev–Trinajstić information content (AvgIpc) is 3.32. The van der Waals surface area contributed by atoms with Crippen molar-refractivity contribution >= 4 is 11.8 Å². The van der Waals surface area contributed by atoms with Gasteiger partial charge in [-0.1, -0.05) is 19.1 Å². The van der Waals surface area contributed by atoms with Crippen LogP contribution in [0.4, 0.5) is 0 Å². The van der Waals surface area contributed by atoms with Crippen molar-refractivity contribution in [1.82, 2.24) is 25.6 Å². The number of hydrogen-bond acceptors (Lipinski definition) is 4. The summed E-state index contributed by atoms with van der Waals surface area (Å²) in [6.45, 7) is 6.66. The Morgan fingerprint density at radius 3 is 2.46 bits per heavy atom. The smallest absolute Gasteiger partial charge is 0.273 e. The van der Waals surface area contributed by atoms with Crippen LogP contribution < -0.4 is 10.6 Å². The summed E-state index contributed by atoms with van der Waals surface area (Å²) in [5.74, 6) is 0.0900. The molecule has 1 aliphatic carbocycles. The highest BCUT2D eigenvalue weighted by Gasteiger charge is 2.28. The van der Waals surface area contributed by atoms with Crippen LogP contribution in [0.3, 0.4) is 0 Å². The van der Waals surface area contributed by atoms with Crippen molar-refractivity contribution in [3.05, 3.63) is 41.2 Å². The summed E-state index contributed by atoms with van der Waals surface area (Å²) in [5, 5.41) is 14.1. The SMILES string of the molecule is CCNC(=O)c1ccc(-n2nnc(C(=O)NC3CC3)c2CC(C)C)cc1. The molecule has 0 radical (unpaired) electrons. The molecule has 138 valence electrons. The van der Waals surface area contributed by atoms with Gasteiger partial charge in [-0.15, -0.1) is 5.10 Å². The molecule has 0 aliphatic heterocycles. The fraction of sp³-hybridized carbons (Fsp3) is 0.474. The Morgan fingerprint density at radius 1 is 1.19 bits per heavy atom. The molecule has 1 fully saturated rings. The molecule has 1 heterocycles. The summed E-state index contributed by atoms with van der Waals surface area (Å²) in [6.07, 6.45) is 2.75. The fourth-order valence-electron chi connectivity index (χ4n) is 2.75. The Kier molecular flexibility index (Phi) is 5.35. The first-order valence-electron chi connectivity index (χ1n) is 9.13. The maximum absolute atomic E-state index is 12.5. The Morgan fingerprint density at radius 2 is 1.88 bits per heavy atom. The molecule has 1 aromatic carbocycles. The van der Waals surface area contributed by atoms with Crippen molar-refractivity contribution in [3.8, 4) is 5.69 Å². The van der Waals surface area contributed by atoms with Gasteiger partial charge >= 0.3 is 0 Å². The third-order valence-corrected chi connectivity index (χ3v) is 4.20. The van der Waals surface area contributed by atoms with Crippen molar-refractivity contribution in [2.24, 2.45) is 5.92 Å². The maximum Gasteiger partial charge on any atom is 0.273 e. The standard InChI is InChI=1S/C19H25N5O2/c1-4-20-18(25)13-5-9-15(10-6-13)24-16(11-12(2)3)17(22-23-24)19(26)21-14-7-8-14/h5-6,9-10,12,14H,4,7-8,11H2,1-3H3,(H,20,25)(H,21,26). The normalized spacial score (nSPS) is 13.7. The van der Waals surface area contributed by atoms with Crippen LogP contribution in [-0.4, -0.2) is 39.4 Å². The van der Waals surface area contributed by atoms with E-state index >= 15 is 0 Å². The number of amides is 2. The minimum absolute atomic E-state index is 0.107. The molecule has 0 bridgehead atoms. The van der Waals surface area contributed by atoms with E-state index in [0.29, 0.717) is 30.1 Å². The van der Waals surface area contributed by atoms with Gasteiger partial charge in [-0.3, -0.25) is 9.59 Å². The third-order valence-electron chi connectivity index (χ3n) is 4.20. The summed E-state index contributed by atoms with van der Waals surface area (Å²) in [7, 11) is 0. The zero-order valence-electron chi connectivity index (χ0n) is 15.5. The van der Waals surface area contributed by atoms with Crippen LogP contribution in [0.25, 0.3) is 5.69 Å². The van der Waals surface area contributed by atoms with E-state index in [0.717, 1.165) is 24.2 Å². The number of benzene rings is 1. The van der Waals surface area contributed by atoms with E-state index in [2.05, 4.69) is 34.8 Å². The van der Waals surface area contributed by atoms with E-state index in [9.17, 15) is 9.59 Å². The van der Waals surface area contributed by atoms with Crippen molar-refractivity contribution < 1.29 is 9.59 Å². The predicted octanol–water partition coefficient (Wildman–Crippen LogP) is 2.11. The second-order valence-electron chi connectivity index (χ2n) is 7.05. The predicted molar refractivity (Wildman–Crippen MR) is 98.4 cm³/mol. The van der Waals surface area contributed by atoms with Gasteiger partial charge in [-0.05, 0) is 56.4 Å². The van der Waals surface area contributed by atoms with Gasteiger partial charge in [0.15, 0.2) is 5.69 Å². The van der Waals surface area contributed by atoms with E-state index in [1.54, 1.807) is 16.8 Å². The zero-order chi connectivity index (χ0) is 18.7. The highest BCUT2D eigenvalue weighted by atomic mass is 16.2. The van der Waals surface area contributed by atoms with Crippen LogP contribution in [0.2, 0.25) is 0 Å². The second kappa shape index (κ2) is 7.68. The molecule has 1 saturated carbocycles. The van der Waals surface area contributed by atoms with Gasteiger partial charge in [-0.2, -0.15) is 0 Å². The van der Waals surface area contributed by atoms with Crippen LogP contribution in [0.1, 0.15) is 60.2 Å². The van der Waals surface area contributed by atoms with Crippen molar-refractivity contribution in [1.29, 1.82) is 0 Å². The molecule has 26 heavy (non-hydrogen) atoms. The lowest BCUT2D eigenvalue weighted by molar-refractivity contribution is 0.0940. The largest absolute Gasteiger partial charge is 0.352 e. The molecule has 0 saturated heterocycles. The molecular formula is C19H25N5O2. The highest BCUT2D eigenvalue weighted by Crippen LogP contribution is 2.21. The van der Waals surface area contributed by atoms with Crippen molar-refractivity contribution in [2.75, 3.05) is 6.54 Å². The lowest BCUT2D eigenvalue weighted by atomic mass is 10.1. The fourth-order valence-corrected chi connectivity index (χ4v) is 2.75. The first-order valence-corrected chi connectivity index (χ1v) is 9.13. The van der Waals surface area contributed by atoms with E-state index in [-0.39, 0.29) is 17.9 Å². The first-order chi connectivity index (χ1) is 12.5. The molecule has 2 aromatic rings. The molecule has 1 aliphatic rings. The number of carbonyl (C=O) groups is 2. The Labute approximate surface area is 153 Å². The molecule has 0 unspecified atom stereocenters. The highest BCUT2D eigenvalue weighted by molar-refractivity contribution is 5.94. The third kappa shape index (κ3) is 4.09. The van der Waals surface area contributed by atoms with E-state index in [1.165, 1.54) is 0 Å². The summed E-state index contributed by atoms with van der Waals surface area (Å²) in [4.78, 5) is 24.4. The molecule has 7 heteroatoms. The number of nitrogens with one attached hydrogen (secondary N) is 2. The number of nitrogens with zero attached hydrogens (tertiary/aromatic N) is 3. The summed E-state index contributed by atoms with van der Waals surface area (Å²) in [5.41, 5.74) is 2.56. The van der Waals surface area contributed by atoms with E-state index in [1.807, 2.05) is 19.1 Å².